The summed E-state index contributed by atoms with van der Waals surface area (Å²) in [6.07, 6.45) is 5.25. The summed E-state index contributed by atoms with van der Waals surface area (Å²) in [5, 5.41) is 0. The SMILES string of the molecule is CCN(CCCCS(=O)(=O)CCCCN(CC)CCc1cc(OC)ccc1C)CCc1cc(OC)ccc1C. The average molecular weight is 561 g/mol. The minimum Gasteiger partial charge on any atom is -0.497 e. The number of benzene rings is 2. The van der Waals surface area contributed by atoms with Crippen molar-refractivity contribution in [2.75, 3.05) is 65.0 Å². The average Bonchev–Trinajstić information content (AvgIpc) is 2.93. The van der Waals surface area contributed by atoms with Crippen LogP contribution in [0, 0.1) is 13.8 Å². The molecule has 0 aromatic heterocycles. The summed E-state index contributed by atoms with van der Waals surface area (Å²) in [5.74, 6) is 2.39. The third kappa shape index (κ3) is 12.3. The molecule has 7 heteroatoms. The van der Waals surface area contributed by atoms with Gasteiger partial charge in [-0.25, -0.2) is 8.42 Å². The van der Waals surface area contributed by atoms with Gasteiger partial charge in [-0.15, -0.1) is 0 Å². The molecule has 39 heavy (non-hydrogen) atoms. The maximum absolute atomic E-state index is 12.6. The van der Waals surface area contributed by atoms with Crippen LogP contribution >= 0.6 is 0 Å². The number of methoxy groups -OCH3 is 2. The second-order valence-corrected chi connectivity index (χ2v) is 12.8. The fourth-order valence-corrected chi connectivity index (χ4v) is 6.41. The van der Waals surface area contributed by atoms with Crippen LogP contribution in [0.4, 0.5) is 0 Å². The topological polar surface area (TPSA) is 59.1 Å². The summed E-state index contributed by atoms with van der Waals surface area (Å²) in [4.78, 5) is 4.83. The minimum absolute atomic E-state index is 0.298. The smallest absolute Gasteiger partial charge is 0.150 e. The predicted molar refractivity (Wildman–Crippen MR) is 164 cm³/mol. The Morgan fingerprint density at radius 1 is 0.641 bits per heavy atom. The van der Waals surface area contributed by atoms with Crippen molar-refractivity contribution in [2.24, 2.45) is 0 Å². The first-order valence-electron chi connectivity index (χ1n) is 14.6. The molecule has 0 saturated heterocycles. The second kappa shape index (κ2) is 17.6. The van der Waals surface area contributed by atoms with Gasteiger partial charge in [0, 0.05) is 13.1 Å². The number of likely N-dealkylation sites (N-methyl/N-ethyl adjacent to an activating group) is 2. The van der Waals surface area contributed by atoms with Crippen molar-refractivity contribution in [3.8, 4) is 11.5 Å². The van der Waals surface area contributed by atoms with E-state index < -0.39 is 9.84 Å². The van der Waals surface area contributed by atoms with E-state index in [0.717, 1.165) is 89.3 Å². The Hall–Kier alpha value is -2.09. The lowest BCUT2D eigenvalue weighted by atomic mass is 10.0. The molecule has 0 saturated carbocycles. The molecule has 0 aliphatic heterocycles. The van der Waals surface area contributed by atoms with Gasteiger partial charge in [-0.1, -0.05) is 26.0 Å². The van der Waals surface area contributed by atoms with E-state index in [1.807, 2.05) is 12.1 Å². The highest BCUT2D eigenvalue weighted by molar-refractivity contribution is 7.91. The van der Waals surface area contributed by atoms with Crippen molar-refractivity contribution >= 4 is 9.84 Å². The highest BCUT2D eigenvalue weighted by Crippen LogP contribution is 2.19. The highest BCUT2D eigenvalue weighted by atomic mass is 32.2. The Labute approximate surface area is 238 Å². The van der Waals surface area contributed by atoms with Gasteiger partial charge in [0.05, 0.1) is 25.7 Å². The molecular formula is C32H52N2O4S. The zero-order valence-electron chi connectivity index (χ0n) is 25.3. The number of sulfone groups is 1. The maximum atomic E-state index is 12.6. The monoisotopic (exact) mass is 560 g/mol. The second-order valence-electron chi connectivity index (χ2n) is 10.5. The molecule has 0 heterocycles. The first kappa shape index (κ1) is 33.1. The molecule has 0 radical (unpaired) electrons. The zero-order chi connectivity index (χ0) is 28.7. The summed E-state index contributed by atoms with van der Waals surface area (Å²) >= 11 is 0. The summed E-state index contributed by atoms with van der Waals surface area (Å²) in [7, 11) is 0.409. The van der Waals surface area contributed by atoms with Crippen molar-refractivity contribution in [1.29, 1.82) is 0 Å². The van der Waals surface area contributed by atoms with Crippen LogP contribution in [0.5, 0.6) is 11.5 Å². The largest absolute Gasteiger partial charge is 0.497 e. The van der Waals surface area contributed by atoms with Crippen LogP contribution in [-0.2, 0) is 22.7 Å². The number of hydrogen-bond acceptors (Lipinski definition) is 6. The molecule has 0 spiro atoms. The molecule has 0 aliphatic rings. The molecular weight excluding hydrogens is 508 g/mol. The van der Waals surface area contributed by atoms with E-state index >= 15 is 0 Å². The van der Waals surface area contributed by atoms with Crippen LogP contribution in [0.15, 0.2) is 36.4 Å². The number of ether oxygens (including phenoxy) is 2. The van der Waals surface area contributed by atoms with E-state index in [2.05, 4.69) is 61.8 Å². The van der Waals surface area contributed by atoms with E-state index in [0.29, 0.717) is 11.5 Å². The van der Waals surface area contributed by atoms with Gasteiger partial charge in [0.2, 0.25) is 0 Å². The molecule has 0 fully saturated rings. The summed E-state index contributed by atoms with van der Waals surface area (Å²) in [6, 6.07) is 12.5. The fraction of sp³-hybridized carbons (Fsp3) is 0.625. The van der Waals surface area contributed by atoms with Crippen molar-refractivity contribution in [3.05, 3.63) is 58.7 Å². The van der Waals surface area contributed by atoms with Gasteiger partial charge in [-0.3, -0.25) is 0 Å². The number of rotatable bonds is 20. The molecule has 0 amide bonds. The van der Waals surface area contributed by atoms with Crippen LogP contribution in [-0.4, -0.2) is 83.2 Å². The minimum atomic E-state index is -2.99. The lowest BCUT2D eigenvalue weighted by Crippen LogP contribution is -2.28. The maximum Gasteiger partial charge on any atom is 0.150 e. The van der Waals surface area contributed by atoms with E-state index in [9.17, 15) is 8.42 Å². The van der Waals surface area contributed by atoms with Crippen molar-refractivity contribution in [2.45, 2.75) is 66.2 Å². The molecule has 0 aliphatic carbocycles. The van der Waals surface area contributed by atoms with Crippen molar-refractivity contribution < 1.29 is 17.9 Å². The first-order chi connectivity index (χ1) is 18.7. The lowest BCUT2D eigenvalue weighted by molar-refractivity contribution is 0.286. The molecule has 6 nitrogen and oxygen atoms in total. The molecule has 220 valence electrons. The van der Waals surface area contributed by atoms with Gasteiger partial charge < -0.3 is 19.3 Å². The van der Waals surface area contributed by atoms with E-state index in [-0.39, 0.29) is 0 Å². The Kier molecular flexibility index (Phi) is 14.9. The molecule has 2 aromatic rings. The van der Waals surface area contributed by atoms with Crippen molar-refractivity contribution in [1.82, 2.24) is 9.80 Å². The Balaban J connectivity index is 1.64. The first-order valence-corrected chi connectivity index (χ1v) is 16.5. The summed E-state index contributed by atoms with van der Waals surface area (Å²) < 4.78 is 36.0. The van der Waals surface area contributed by atoms with Crippen LogP contribution < -0.4 is 9.47 Å². The third-order valence-electron chi connectivity index (χ3n) is 7.76. The molecule has 0 bridgehead atoms. The fourth-order valence-electron chi connectivity index (χ4n) is 4.92. The Bertz CT molecular complexity index is 1010. The van der Waals surface area contributed by atoms with Gasteiger partial charge >= 0.3 is 0 Å². The van der Waals surface area contributed by atoms with Gasteiger partial charge in [-0.2, -0.15) is 0 Å². The third-order valence-corrected chi connectivity index (χ3v) is 9.58. The Morgan fingerprint density at radius 3 is 1.41 bits per heavy atom. The summed E-state index contributed by atoms with van der Waals surface area (Å²) in [5.41, 5.74) is 5.19. The highest BCUT2D eigenvalue weighted by Gasteiger charge is 2.13. The van der Waals surface area contributed by atoms with E-state index in [1.165, 1.54) is 22.3 Å². The number of unbranched alkanes of at least 4 members (excludes halogenated alkanes) is 2. The standard InChI is InChI=1S/C32H52N2O4S/c1-7-33(21-17-29-25-31(37-5)15-13-27(29)3)19-9-11-23-39(35,36)24-12-10-20-34(8-2)22-18-30-26-32(38-6)16-14-28(30)4/h13-16,25-26H,7-12,17-24H2,1-6H3. The van der Waals surface area contributed by atoms with Crippen LogP contribution in [0.3, 0.4) is 0 Å². The van der Waals surface area contributed by atoms with Crippen LogP contribution in [0.1, 0.15) is 61.8 Å². The molecule has 0 unspecified atom stereocenters. The number of nitrogens with zero attached hydrogens (tertiary/aromatic N) is 2. The number of hydrogen-bond donors (Lipinski definition) is 0. The van der Waals surface area contributed by atoms with Crippen LogP contribution in [0.25, 0.3) is 0 Å². The van der Waals surface area contributed by atoms with Crippen molar-refractivity contribution in [3.63, 3.8) is 0 Å². The van der Waals surface area contributed by atoms with Gasteiger partial charge in [0.1, 0.15) is 21.3 Å². The summed E-state index contributed by atoms with van der Waals surface area (Å²) in [6.45, 7) is 14.4. The van der Waals surface area contributed by atoms with E-state index in [4.69, 9.17) is 9.47 Å². The normalized spacial score (nSPS) is 11.9. The quantitative estimate of drug-likeness (QED) is 0.193. The molecule has 0 N–H and O–H groups in total. The number of aryl methyl sites for hydroxylation is 2. The van der Waals surface area contributed by atoms with E-state index in [1.54, 1.807) is 14.2 Å². The molecule has 0 atom stereocenters. The Morgan fingerprint density at radius 2 is 1.05 bits per heavy atom. The lowest BCUT2D eigenvalue weighted by Gasteiger charge is -2.21. The predicted octanol–water partition coefficient (Wildman–Crippen LogP) is 5.72. The van der Waals surface area contributed by atoms with Crippen LogP contribution in [0.2, 0.25) is 0 Å². The molecule has 2 rings (SSSR count). The van der Waals surface area contributed by atoms with Gasteiger partial charge in [0.25, 0.3) is 0 Å². The van der Waals surface area contributed by atoms with Gasteiger partial charge in [0.15, 0.2) is 0 Å². The zero-order valence-corrected chi connectivity index (χ0v) is 26.1. The van der Waals surface area contributed by atoms with Gasteiger partial charge in [-0.05, 0) is 125 Å². The molecule has 2 aromatic carbocycles.